The molecule has 0 fully saturated rings. The predicted octanol–water partition coefficient (Wildman–Crippen LogP) is 3.13. The van der Waals surface area contributed by atoms with Crippen LogP contribution in [0.3, 0.4) is 0 Å². The quantitative estimate of drug-likeness (QED) is 0.648. The van der Waals surface area contributed by atoms with Gasteiger partial charge in [-0.1, -0.05) is 32.0 Å². The van der Waals surface area contributed by atoms with E-state index in [1.165, 1.54) is 0 Å². The summed E-state index contributed by atoms with van der Waals surface area (Å²) >= 11 is 5.66. The Labute approximate surface area is 126 Å². The van der Waals surface area contributed by atoms with E-state index in [9.17, 15) is 4.79 Å². The van der Waals surface area contributed by atoms with Gasteiger partial charge in [-0.25, -0.2) is 0 Å². The highest BCUT2D eigenvalue weighted by Gasteiger charge is 2.23. The molecule has 0 saturated heterocycles. The van der Waals surface area contributed by atoms with Gasteiger partial charge in [0.05, 0.1) is 5.69 Å². The Kier molecular flexibility index (Phi) is 10.1. The van der Waals surface area contributed by atoms with Crippen LogP contribution in [0.5, 0.6) is 0 Å². The van der Waals surface area contributed by atoms with E-state index < -0.39 is 0 Å². The van der Waals surface area contributed by atoms with Crippen molar-refractivity contribution in [2.75, 3.05) is 17.4 Å². The number of hydrogen-bond donors (Lipinski definition) is 1. The summed E-state index contributed by atoms with van der Waals surface area (Å²) in [5.41, 5.74) is 7.34. The van der Waals surface area contributed by atoms with E-state index in [-0.39, 0.29) is 18.0 Å². The van der Waals surface area contributed by atoms with Crippen molar-refractivity contribution in [2.45, 2.75) is 40.5 Å². The molecule has 0 radical (unpaired) electrons. The molecule has 114 valence electrons. The molecule has 0 aliphatic rings. The topological polar surface area (TPSA) is 55.6 Å². The zero-order valence-corrected chi connectivity index (χ0v) is 13.5. The molecular weight excluding hydrogens is 276 g/mol. The summed E-state index contributed by atoms with van der Waals surface area (Å²) in [5.74, 6) is -0.283. The Morgan fingerprint density at radius 2 is 2.00 bits per heavy atom. The van der Waals surface area contributed by atoms with E-state index in [1.807, 2.05) is 52.0 Å². The number of rotatable bonds is 6. The minimum absolute atomic E-state index is 0.0870. The number of alkyl halides is 1. The van der Waals surface area contributed by atoms with Crippen LogP contribution >= 0.6 is 11.6 Å². The van der Waals surface area contributed by atoms with Crippen molar-refractivity contribution < 1.29 is 9.53 Å². The molecule has 1 rings (SSSR count). The maximum absolute atomic E-state index is 12.0. The van der Waals surface area contributed by atoms with Gasteiger partial charge in [0.1, 0.15) is 12.1 Å². The predicted molar refractivity (Wildman–Crippen MR) is 85.0 cm³/mol. The van der Waals surface area contributed by atoms with Crippen molar-refractivity contribution in [2.24, 2.45) is 5.73 Å². The lowest BCUT2D eigenvalue weighted by molar-refractivity contribution is -0.118. The summed E-state index contributed by atoms with van der Waals surface area (Å²) < 4.78 is 5.49. The number of carbonyl (C=O) groups excluding carboxylic acids is 1. The lowest BCUT2D eigenvalue weighted by atomic mass is 10.1. The normalized spacial score (nSPS) is 11.3. The largest absolute Gasteiger partial charge is 0.359 e. The van der Waals surface area contributed by atoms with Crippen LogP contribution in [0, 0.1) is 0 Å². The maximum atomic E-state index is 12.0. The van der Waals surface area contributed by atoms with Crippen LogP contribution in [0.25, 0.3) is 0 Å². The summed E-state index contributed by atoms with van der Waals surface area (Å²) in [6, 6.07) is 7.49. The number of carbonyl (C=O) groups is 1. The number of halogens is 1. The third-order valence-corrected chi connectivity index (χ3v) is 2.85. The fourth-order valence-electron chi connectivity index (χ4n) is 1.83. The molecule has 0 aromatic heterocycles. The van der Waals surface area contributed by atoms with Gasteiger partial charge in [0, 0.05) is 13.2 Å². The molecule has 20 heavy (non-hydrogen) atoms. The molecule has 1 aromatic rings. The minimum Gasteiger partial charge on any atom is -0.359 e. The van der Waals surface area contributed by atoms with Gasteiger partial charge >= 0.3 is 0 Å². The number of nitrogens with two attached hydrogens (primary N) is 1. The second kappa shape index (κ2) is 10.7. The molecule has 1 aromatic carbocycles. The molecule has 0 aliphatic carbocycles. The zero-order chi connectivity index (χ0) is 15.5. The van der Waals surface area contributed by atoms with Crippen LogP contribution in [0.2, 0.25) is 0 Å². The highest BCUT2D eigenvalue weighted by Crippen LogP contribution is 2.23. The highest BCUT2D eigenvalue weighted by molar-refractivity contribution is 6.29. The molecule has 0 aliphatic heterocycles. The van der Waals surface area contributed by atoms with Crippen LogP contribution in [0.1, 0.15) is 33.3 Å². The first-order chi connectivity index (χ1) is 9.65. The monoisotopic (exact) mass is 300 g/mol. The average Bonchev–Trinajstić information content (AvgIpc) is 2.50. The number of ether oxygens (including phenoxy) is 1. The molecule has 4 nitrogen and oxygen atoms in total. The standard InChI is InChI=1S/C13H19ClN2O2.C2H6/c1-3-18-10(2)16(13(17)8-14)12-7-5-4-6-11(12)9-15;1-2/h4-7,10H,3,8-9,15H2,1-2H3;1-2H3. The van der Waals surface area contributed by atoms with Crippen LogP contribution in [-0.4, -0.2) is 24.6 Å². The van der Waals surface area contributed by atoms with E-state index in [4.69, 9.17) is 22.1 Å². The second-order valence-electron chi connectivity index (χ2n) is 3.78. The molecule has 1 amide bonds. The Morgan fingerprint density at radius 3 is 2.50 bits per heavy atom. The van der Waals surface area contributed by atoms with Crippen LogP contribution in [0.15, 0.2) is 24.3 Å². The van der Waals surface area contributed by atoms with E-state index >= 15 is 0 Å². The van der Waals surface area contributed by atoms with Crippen molar-refractivity contribution in [3.63, 3.8) is 0 Å². The zero-order valence-electron chi connectivity index (χ0n) is 12.7. The van der Waals surface area contributed by atoms with E-state index in [2.05, 4.69) is 0 Å². The molecular formula is C15H25ClN2O2. The van der Waals surface area contributed by atoms with Crippen LogP contribution in [-0.2, 0) is 16.1 Å². The van der Waals surface area contributed by atoms with E-state index in [0.29, 0.717) is 13.2 Å². The number of para-hydroxylation sites is 1. The maximum Gasteiger partial charge on any atom is 0.244 e. The first-order valence-corrected chi connectivity index (χ1v) is 7.46. The Bertz CT molecular complexity index is 399. The number of anilines is 1. The van der Waals surface area contributed by atoms with Crippen LogP contribution in [0.4, 0.5) is 5.69 Å². The van der Waals surface area contributed by atoms with Crippen molar-refractivity contribution in [3.05, 3.63) is 29.8 Å². The van der Waals surface area contributed by atoms with Gasteiger partial charge in [-0.2, -0.15) is 0 Å². The van der Waals surface area contributed by atoms with E-state index in [0.717, 1.165) is 11.3 Å². The van der Waals surface area contributed by atoms with Crippen LogP contribution < -0.4 is 10.6 Å². The Balaban J connectivity index is 0.00000172. The van der Waals surface area contributed by atoms with Gasteiger partial charge in [-0.15, -0.1) is 11.6 Å². The molecule has 0 heterocycles. The first-order valence-electron chi connectivity index (χ1n) is 6.93. The summed E-state index contributed by atoms with van der Waals surface area (Å²) in [6.45, 7) is 8.59. The lowest BCUT2D eigenvalue weighted by Gasteiger charge is -2.30. The number of amides is 1. The molecule has 1 unspecified atom stereocenters. The van der Waals surface area contributed by atoms with Gasteiger partial charge in [-0.05, 0) is 25.5 Å². The van der Waals surface area contributed by atoms with Gasteiger partial charge in [-0.3, -0.25) is 9.69 Å². The smallest absolute Gasteiger partial charge is 0.244 e. The van der Waals surface area contributed by atoms with Gasteiger partial charge in [0.2, 0.25) is 5.91 Å². The summed E-state index contributed by atoms with van der Waals surface area (Å²) in [5, 5.41) is 0. The third kappa shape index (κ3) is 5.12. The highest BCUT2D eigenvalue weighted by atomic mass is 35.5. The molecule has 0 saturated carbocycles. The minimum atomic E-state index is -0.367. The van der Waals surface area contributed by atoms with Crippen molar-refractivity contribution in [1.82, 2.24) is 0 Å². The van der Waals surface area contributed by atoms with Crippen molar-refractivity contribution in [3.8, 4) is 0 Å². The van der Waals surface area contributed by atoms with Crippen molar-refractivity contribution in [1.29, 1.82) is 0 Å². The van der Waals surface area contributed by atoms with Gasteiger partial charge < -0.3 is 10.5 Å². The fourth-order valence-corrected chi connectivity index (χ4v) is 1.96. The Morgan fingerprint density at radius 1 is 1.40 bits per heavy atom. The number of hydrogen-bond acceptors (Lipinski definition) is 3. The summed E-state index contributed by atoms with van der Waals surface area (Å²) in [6.07, 6.45) is -0.367. The summed E-state index contributed by atoms with van der Waals surface area (Å²) in [4.78, 5) is 13.5. The van der Waals surface area contributed by atoms with Gasteiger partial charge in [0.25, 0.3) is 0 Å². The van der Waals surface area contributed by atoms with Crippen molar-refractivity contribution >= 4 is 23.2 Å². The van der Waals surface area contributed by atoms with E-state index in [1.54, 1.807) is 4.90 Å². The average molecular weight is 301 g/mol. The SMILES string of the molecule is CC.CCOC(C)N(C(=O)CCl)c1ccccc1CN. The second-order valence-corrected chi connectivity index (χ2v) is 4.05. The fraction of sp³-hybridized carbons (Fsp3) is 0.533. The lowest BCUT2D eigenvalue weighted by Crippen LogP contribution is -2.42. The number of benzene rings is 1. The van der Waals surface area contributed by atoms with Gasteiger partial charge in [0.15, 0.2) is 0 Å². The third-order valence-electron chi connectivity index (χ3n) is 2.63. The molecule has 1 atom stereocenters. The number of nitrogens with zero attached hydrogens (tertiary/aromatic N) is 1. The first kappa shape index (κ1) is 18.9. The molecule has 0 bridgehead atoms. The molecule has 2 N–H and O–H groups in total. The Hall–Kier alpha value is -1.10. The molecule has 5 heteroatoms. The summed E-state index contributed by atoms with van der Waals surface area (Å²) in [7, 11) is 0. The molecule has 0 spiro atoms.